The molecule has 0 radical (unpaired) electrons. The highest BCUT2D eigenvalue weighted by Gasteiger charge is 1.96. The molecule has 0 amide bonds. The number of halogens is 1. The Labute approximate surface area is 216 Å². The Morgan fingerprint density at radius 1 is 0.314 bits per heavy atom. The summed E-state index contributed by atoms with van der Waals surface area (Å²) in [5.74, 6) is 0.745. The molecular weight excluding hydrogens is 484 g/mol. The Hall–Kier alpha value is -0.110. The van der Waals surface area contributed by atoms with E-state index in [9.17, 15) is 0 Å². The van der Waals surface area contributed by atoms with E-state index in [4.69, 9.17) is 59.3 Å². The van der Waals surface area contributed by atoms with Gasteiger partial charge in [-0.2, -0.15) is 0 Å². The second-order valence-electron chi connectivity index (χ2n) is 7.34. The Morgan fingerprint density at radius 2 is 0.571 bits per heavy atom. The van der Waals surface area contributed by atoms with E-state index in [1.54, 1.807) is 0 Å². The van der Waals surface area contributed by atoms with E-state index in [0.29, 0.717) is 112 Å². The molecule has 0 aromatic heterocycles. The average Bonchev–Trinajstić information content (AvgIpc) is 2.87. The Kier molecular flexibility index (Phi) is 33.8. The van der Waals surface area contributed by atoms with E-state index >= 15 is 0 Å². The van der Waals surface area contributed by atoms with Crippen molar-refractivity contribution in [2.24, 2.45) is 0 Å². The molecule has 0 spiro atoms. The van der Waals surface area contributed by atoms with Gasteiger partial charge in [-0.05, 0) is 12.8 Å². The number of aliphatic hydroxyl groups is 1. The van der Waals surface area contributed by atoms with Crippen LogP contribution in [0.4, 0.5) is 0 Å². The number of unbranched alkanes of at least 4 members (excludes halogenated alkanes) is 3. The first-order valence-corrected chi connectivity index (χ1v) is 13.3. The zero-order valence-corrected chi connectivity index (χ0v) is 22.2. The molecule has 0 heterocycles. The van der Waals surface area contributed by atoms with Crippen molar-refractivity contribution in [3.63, 3.8) is 0 Å². The molecule has 10 nitrogen and oxygen atoms in total. The molecule has 11 heteroatoms. The van der Waals surface area contributed by atoms with Gasteiger partial charge in [0.05, 0.1) is 119 Å². The normalized spacial score (nSPS) is 11.5. The molecule has 0 rings (SSSR count). The van der Waals surface area contributed by atoms with Gasteiger partial charge in [0.15, 0.2) is 0 Å². The van der Waals surface area contributed by atoms with E-state index in [2.05, 4.69) is 0 Å². The number of hydrogen-bond acceptors (Lipinski definition) is 10. The first-order chi connectivity index (χ1) is 17.4. The van der Waals surface area contributed by atoms with Gasteiger partial charge >= 0.3 is 0 Å². The van der Waals surface area contributed by atoms with Crippen molar-refractivity contribution in [1.29, 1.82) is 0 Å². The fourth-order valence-corrected chi connectivity index (χ4v) is 2.77. The minimum atomic E-state index is 0.0306. The highest BCUT2D eigenvalue weighted by Crippen LogP contribution is 2.01. The van der Waals surface area contributed by atoms with Gasteiger partial charge in [0, 0.05) is 12.5 Å². The van der Waals surface area contributed by atoms with Crippen LogP contribution in [-0.4, -0.2) is 137 Å². The standard InChI is InChI=1S/C24H49ClO10/c25-5-3-1-2-4-7-27-9-11-29-13-15-31-17-19-33-21-23-35-24-22-34-20-18-32-16-14-30-12-10-28-8-6-26/h26H,1-24H2. The van der Waals surface area contributed by atoms with Crippen LogP contribution in [0.15, 0.2) is 0 Å². The molecule has 0 aliphatic heterocycles. The molecule has 35 heavy (non-hydrogen) atoms. The van der Waals surface area contributed by atoms with E-state index in [1.807, 2.05) is 0 Å². The molecule has 0 aromatic carbocycles. The van der Waals surface area contributed by atoms with Crippen LogP contribution in [0.5, 0.6) is 0 Å². The Bertz CT molecular complexity index is 337. The van der Waals surface area contributed by atoms with Crippen molar-refractivity contribution in [3.8, 4) is 0 Å². The summed E-state index contributed by atoms with van der Waals surface area (Å²) in [5, 5.41) is 8.55. The van der Waals surface area contributed by atoms with Crippen LogP contribution in [0.2, 0.25) is 0 Å². The number of ether oxygens (including phenoxy) is 9. The lowest BCUT2D eigenvalue weighted by molar-refractivity contribution is -0.0255. The number of alkyl halides is 1. The van der Waals surface area contributed by atoms with Crippen molar-refractivity contribution >= 4 is 11.6 Å². The monoisotopic (exact) mass is 532 g/mol. The zero-order chi connectivity index (χ0) is 25.3. The summed E-state index contributed by atoms with van der Waals surface area (Å²) in [6.07, 6.45) is 4.51. The van der Waals surface area contributed by atoms with Crippen LogP contribution in [-0.2, 0) is 42.6 Å². The van der Waals surface area contributed by atoms with Crippen LogP contribution in [0.25, 0.3) is 0 Å². The van der Waals surface area contributed by atoms with Crippen LogP contribution in [0.1, 0.15) is 25.7 Å². The maximum atomic E-state index is 8.55. The molecule has 0 saturated carbocycles. The minimum absolute atomic E-state index is 0.0306. The van der Waals surface area contributed by atoms with E-state index in [-0.39, 0.29) is 6.61 Å². The number of hydrogen-bond donors (Lipinski definition) is 1. The predicted octanol–water partition coefficient (Wildman–Crippen LogP) is 1.93. The molecule has 0 aliphatic rings. The highest BCUT2D eigenvalue weighted by atomic mass is 35.5. The Balaban J connectivity index is 3.00. The van der Waals surface area contributed by atoms with Gasteiger partial charge in [-0.25, -0.2) is 0 Å². The summed E-state index contributed by atoms with van der Waals surface area (Å²) in [6, 6.07) is 0. The lowest BCUT2D eigenvalue weighted by Gasteiger charge is -2.09. The van der Waals surface area contributed by atoms with Crippen molar-refractivity contribution in [2.45, 2.75) is 25.7 Å². The molecule has 0 saturated heterocycles. The van der Waals surface area contributed by atoms with Gasteiger partial charge in [0.25, 0.3) is 0 Å². The van der Waals surface area contributed by atoms with Crippen LogP contribution in [0, 0.1) is 0 Å². The summed E-state index contributed by atoms with van der Waals surface area (Å²) >= 11 is 5.64. The SMILES string of the molecule is OCCOCCOCCOCCOCCOCCOCCOCCOCCOCCCCCCCl. The molecule has 0 bridgehead atoms. The van der Waals surface area contributed by atoms with Gasteiger partial charge in [0.1, 0.15) is 0 Å². The van der Waals surface area contributed by atoms with Gasteiger partial charge in [-0.1, -0.05) is 12.8 Å². The van der Waals surface area contributed by atoms with Crippen molar-refractivity contribution in [2.75, 3.05) is 131 Å². The smallest absolute Gasteiger partial charge is 0.0701 e. The topological polar surface area (TPSA) is 103 Å². The fourth-order valence-electron chi connectivity index (χ4n) is 2.58. The molecule has 0 unspecified atom stereocenters. The Morgan fingerprint density at radius 3 is 0.857 bits per heavy atom. The van der Waals surface area contributed by atoms with Crippen LogP contribution >= 0.6 is 11.6 Å². The zero-order valence-electron chi connectivity index (χ0n) is 21.5. The van der Waals surface area contributed by atoms with Gasteiger partial charge in [-0.15, -0.1) is 11.6 Å². The van der Waals surface area contributed by atoms with Gasteiger partial charge in [0.2, 0.25) is 0 Å². The molecule has 0 atom stereocenters. The lowest BCUT2D eigenvalue weighted by Crippen LogP contribution is -2.15. The summed E-state index contributed by atoms with van der Waals surface area (Å²) in [5.41, 5.74) is 0. The summed E-state index contributed by atoms with van der Waals surface area (Å²) in [4.78, 5) is 0. The number of rotatable bonds is 32. The molecular formula is C24H49ClO10. The first kappa shape index (κ1) is 34.9. The summed E-state index contributed by atoms with van der Waals surface area (Å²) in [7, 11) is 0. The first-order valence-electron chi connectivity index (χ1n) is 12.8. The maximum absolute atomic E-state index is 8.55. The number of aliphatic hydroxyl groups excluding tert-OH is 1. The third-order valence-electron chi connectivity index (χ3n) is 4.38. The summed E-state index contributed by atoms with van der Waals surface area (Å²) < 4.78 is 48.5. The molecule has 0 fully saturated rings. The fraction of sp³-hybridized carbons (Fsp3) is 1.00. The quantitative estimate of drug-likeness (QED) is 0.102. The van der Waals surface area contributed by atoms with E-state index < -0.39 is 0 Å². The molecule has 1 N–H and O–H groups in total. The van der Waals surface area contributed by atoms with E-state index in [0.717, 1.165) is 25.3 Å². The van der Waals surface area contributed by atoms with Gasteiger partial charge in [-0.3, -0.25) is 0 Å². The van der Waals surface area contributed by atoms with E-state index in [1.165, 1.54) is 12.8 Å². The highest BCUT2D eigenvalue weighted by molar-refractivity contribution is 6.17. The van der Waals surface area contributed by atoms with Gasteiger partial charge < -0.3 is 47.7 Å². The van der Waals surface area contributed by atoms with Crippen molar-refractivity contribution in [1.82, 2.24) is 0 Å². The largest absolute Gasteiger partial charge is 0.394 e. The molecule has 212 valence electrons. The second kappa shape index (κ2) is 33.9. The second-order valence-corrected chi connectivity index (χ2v) is 7.72. The van der Waals surface area contributed by atoms with Crippen molar-refractivity contribution in [3.05, 3.63) is 0 Å². The molecule has 0 aromatic rings. The molecule has 0 aliphatic carbocycles. The summed E-state index contributed by atoms with van der Waals surface area (Å²) in [6.45, 7) is 9.66. The van der Waals surface area contributed by atoms with Crippen molar-refractivity contribution < 1.29 is 47.7 Å². The van der Waals surface area contributed by atoms with Crippen LogP contribution < -0.4 is 0 Å². The third-order valence-corrected chi connectivity index (χ3v) is 4.65. The average molecular weight is 533 g/mol. The maximum Gasteiger partial charge on any atom is 0.0701 e. The predicted molar refractivity (Wildman–Crippen MR) is 134 cm³/mol. The third kappa shape index (κ3) is 33.9. The minimum Gasteiger partial charge on any atom is -0.394 e. The lowest BCUT2D eigenvalue weighted by atomic mass is 10.2. The van der Waals surface area contributed by atoms with Crippen LogP contribution in [0.3, 0.4) is 0 Å².